The number of nitro groups is 2. The number of nitro benzene ring substituents is 1. The van der Waals surface area contributed by atoms with Gasteiger partial charge in [-0.25, -0.2) is 0 Å². The van der Waals surface area contributed by atoms with Crippen LogP contribution >= 0.6 is 11.6 Å². The van der Waals surface area contributed by atoms with E-state index in [0.717, 1.165) is 18.4 Å². The SMILES string of the molecule is O=C1Nc2ccccc2[C@]12[C@H]([N+](=O)[O-])[C@H](c1ccc(OCc3ccc([N+](=O)[O-])cc3)c(Cl)c1)[C@@H]1CCCN12. The maximum absolute atomic E-state index is 13.5. The van der Waals surface area contributed by atoms with Crippen LogP contribution in [0.4, 0.5) is 11.4 Å². The number of halogens is 1. The molecule has 0 aromatic heterocycles. The Hall–Kier alpha value is -4.02. The fourth-order valence-corrected chi connectivity index (χ4v) is 6.74. The Bertz CT molecular complexity index is 1460. The van der Waals surface area contributed by atoms with Crippen LogP contribution in [-0.2, 0) is 16.9 Å². The van der Waals surface area contributed by atoms with Gasteiger partial charge in [0.25, 0.3) is 17.6 Å². The maximum atomic E-state index is 13.5. The van der Waals surface area contributed by atoms with Crippen LogP contribution in [0.25, 0.3) is 0 Å². The molecule has 4 atom stereocenters. The molecule has 0 unspecified atom stereocenters. The van der Waals surface area contributed by atoms with E-state index < -0.39 is 22.4 Å². The minimum Gasteiger partial charge on any atom is -0.487 e. The first-order chi connectivity index (χ1) is 18.3. The highest BCUT2D eigenvalue weighted by molar-refractivity contribution is 6.32. The quantitative estimate of drug-likeness (QED) is 0.352. The molecule has 3 heterocycles. The fourth-order valence-electron chi connectivity index (χ4n) is 6.49. The molecule has 3 aromatic carbocycles. The summed E-state index contributed by atoms with van der Waals surface area (Å²) >= 11 is 6.59. The molecule has 1 spiro atoms. The van der Waals surface area contributed by atoms with Gasteiger partial charge in [0.05, 0.1) is 15.9 Å². The second-order valence-electron chi connectivity index (χ2n) is 9.83. The Kier molecular flexibility index (Phi) is 5.81. The van der Waals surface area contributed by atoms with E-state index in [0.29, 0.717) is 34.1 Å². The average molecular weight is 535 g/mol. The lowest BCUT2D eigenvalue weighted by Gasteiger charge is -2.32. The normalized spacial score (nSPS) is 25.7. The number of anilines is 1. The van der Waals surface area contributed by atoms with Crippen LogP contribution in [0.3, 0.4) is 0 Å². The Labute approximate surface area is 222 Å². The predicted molar refractivity (Wildman–Crippen MR) is 139 cm³/mol. The summed E-state index contributed by atoms with van der Waals surface area (Å²) in [7, 11) is 0. The molecule has 194 valence electrons. The van der Waals surface area contributed by atoms with Gasteiger partial charge in [0, 0.05) is 40.9 Å². The summed E-state index contributed by atoms with van der Waals surface area (Å²) in [5.74, 6) is -0.513. The van der Waals surface area contributed by atoms with E-state index in [2.05, 4.69) is 5.32 Å². The smallest absolute Gasteiger partial charge is 0.269 e. The summed E-state index contributed by atoms with van der Waals surface area (Å²) in [6.45, 7) is 0.742. The monoisotopic (exact) mass is 534 g/mol. The highest BCUT2D eigenvalue weighted by atomic mass is 35.5. The Morgan fingerprint density at radius 1 is 1.08 bits per heavy atom. The van der Waals surface area contributed by atoms with E-state index in [-0.39, 0.29) is 29.2 Å². The van der Waals surface area contributed by atoms with Gasteiger partial charge in [-0.05, 0) is 54.3 Å². The van der Waals surface area contributed by atoms with Crippen molar-refractivity contribution in [3.8, 4) is 5.75 Å². The topological polar surface area (TPSA) is 128 Å². The van der Waals surface area contributed by atoms with Gasteiger partial charge in [-0.3, -0.25) is 29.9 Å². The number of nitrogens with one attached hydrogen (secondary N) is 1. The zero-order valence-electron chi connectivity index (χ0n) is 20.1. The van der Waals surface area contributed by atoms with Crippen molar-refractivity contribution in [1.82, 2.24) is 4.90 Å². The molecule has 3 aliphatic rings. The van der Waals surface area contributed by atoms with Gasteiger partial charge in [0.15, 0.2) is 5.54 Å². The summed E-state index contributed by atoms with van der Waals surface area (Å²) in [6.07, 6.45) is 1.58. The van der Waals surface area contributed by atoms with Gasteiger partial charge in [-0.1, -0.05) is 35.9 Å². The molecule has 0 saturated carbocycles. The van der Waals surface area contributed by atoms with Crippen LogP contribution in [0.2, 0.25) is 5.02 Å². The first-order valence-electron chi connectivity index (χ1n) is 12.3. The zero-order chi connectivity index (χ0) is 26.6. The number of amides is 1. The number of hydrogen-bond donors (Lipinski definition) is 1. The third kappa shape index (κ3) is 3.55. The van der Waals surface area contributed by atoms with Crippen molar-refractivity contribution < 1.29 is 19.4 Å². The molecule has 6 rings (SSSR count). The van der Waals surface area contributed by atoms with Gasteiger partial charge in [-0.15, -0.1) is 0 Å². The number of hydrogen-bond acceptors (Lipinski definition) is 7. The molecule has 38 heavy (non-hydrogen) atoms. The minimum absolute atomic E-state index is 0.00895. The van der Waals surface area contributed by atoms with E-state index in [9.17, 15) is 25.0 Å². The fraction of sp³-hybridized carbons (Fsp3) is 0.296. The van der Waals surface area contributed by atoms with Crippen molar-refractivity contribution in [3.05, 3.63) is 109 Å². The molecule has 11 heteroatoms. The molecule has 3 aromatic rings. The van der Waals surface area contributed by atoms with E-state index >= 15 is 0 Å². The standard InChI is InChI=1S/C27H23ClN4O6/c28-20-14-17(9-12-23(20)38-15-16-7-10-18(11-8-16)31(34)35)24-22-6-3-13-30(22)27(25(24)32(36)37)19-4-1-2-5-21(19)29-26(27)33/h1-2,4-5,7-12,14,22,24-25H,3,6,13,15H2,(H,29,33)/t22-,24+,25+,27-/m0/s1. The van der Waals surface area contributed by atoms with Gasteiger partial charge in [0.2, 0.25) is 0 Å². The molecule has 10 nitrogen and oxygen atoms in total. The largest absolute Gasteiger partial charge is 0.487 e. The predicted octanol–water partition coefficient (Wildman–Crippen LogP) is 4.88. The molecule has 0 radical (unpaired) electrons. The lowest BCUT2D eigenvalue weighted by molar-refractivity contribution is -0.534. The Balaban J connectivity index is 1.33. The van der Waals surface area contributed by atoms with E-state index in [1.54, 1.807) is 36.4 Å². The van der Waals surface area contributed by atoms with E-state index in [4.69, 9.17) is 16.3 Å². The number of benzene rings is 3. The molecule has 0 aliphatic carbocycles. The number of para-hydroxylation sites is 1. The maximum Gasteiger partial charge on any atom is 0.269 e. The first kappa shape index (κ1) is 24.3. The molecule has 2 fully saturated rings. The van der Waals surface area contributed by atoms with Crippen molar-refractivity contribution in [1.29, 1.82) is 0 Å². The van der Waals surface area contributed by atoms with Crippen molar-refractivity contribution in [2.75, 3.05) is 11.9 Å². The molecule has 1 amide bonds. The summed E-state index contributed by atoms with van der Waals surface area (Å²) in [6, 6.07) is 17.0. The van der Waals surface area contributed by atoms with Crippen LogP contribution in [0.15, 0.2) is 66.7 Å². The highest BCUT2D eigenvalue weighted by Gasteiger charge is 2.73. The van der Waals surface area contributed by atoms with E-state index in [1.165, 1.54) is 12.1 Å². The third-order valence-electron chi connectivity index (χ3n) is 7.98. The number of nitrogens with zero attached hydrogens (tertiary/aromatic N) is 3. The number of carbonyl (C=O) groups is 1. The van der Waals surface area contributed by atoms with Crippen LogP contribution < -0.4 is 10.1 Å². The van der Waals surface area contributed by atoms with Gasteiger partial charge in [-0.2, -0.15) is 0 Å². The van der Waals surface area contributed by atoms with Crippen molar-refractivity contribution in [3.63, 3.8) is 0 Å². The second-order valence-corrected chi connectivity index (χ2v) is 10.2. The highest BCUT2D eigenvalue weighted by Crippen LogP contribution is 2.58. The summed E-state index contributed by atoms with van der Waals surface area (Å²) in [5.41, 5.74) is 1.28. The van der Waals surface area contributed by atoms with Gasteiger partial charge in [0.1, 0.15) is 12.4 Å². The summed E-state index contributed by atoms with van der Waals surface area (Å²) in [4.78, 5) is 38.4. The summed E-state index contributed by atoms with van der Waals surface area (Å²) < 4.78 is 5.85. The first-order valence-corrected chi connectivity index (χ1v) is 12.7. The second kappa shape index (κ2) is 9.07. The van der Waals surface area contributed by atoms with Crippen LogP contribution in [0.1, 0.15) is 35.4 Å². The Morgan fingerprint density at radius 2 is 1.84 bits per heavy atom. The third-order valence-corrected chi connectivity index (χ3v) is 8.27. The van der Waals surface area contributed by atoms with Crippen molar-refractivity contribution in [2.24, 2.45) is 0 Å². The lowest BCUT2D eigenvalue weighted by atomic mass is 9.77. The summed E-state index contributed by atoms with van der Waals surface area (Å²) in [5, 5.41) is 26.8. The molecular weight excluding hydrogens is 512 g/mol. The number of ether oxygens (including phenoxy) is 1. The van der Waals surface area contributed by atoms with Gasteiger partial charge < -0.3 is 10.1 Å². The van der Waals surface area contributed by atoms with Crippen LogP contribution in [-0.4, -0.2) is 39.3 Å². The number of rotatable bonds is 6. The molecule has 3 aliphatic heterocycles. The molecule has 2 saturated heterocycles. The van der Waals surface area contributed by atoms with Crippen molar-refractivity contribution in [2.45, 2.75) is 43.0 Å². The average Bonchev–Trinajstić information content (AvgIpc) is 3.56. The zero-order valence-corrected chi connectivity index (χ0v) is 20.8. The molecule has 0 bridgehead atoms. The lowest BCUT2D eigenvalue weighted by Crippen LogP contribution is -2.55. The molecule has 1 N–H and O–H groups in total. The molecular formula is C27H23ClN4O6. The van der Waals surface area contributed by atoms with Crippen molar-refractivity contribution >= 4 is 28.9 Å². The van der Waals surface area contributed by atoms with Gasteiger partial charge >= 0.3 is 0 Å². The van der Waals surface area contributed by atoms with E-state index in [1.807, 2.05) is 23.1 Å². The Morgan fingerprint density at radius 3 is 2.55 bits per heavy atom. The van der Waals surface area contributed by atoms with Crippen LogP contribution in [0.5, 0.6) is 5.75 Å². The van der Waals surface area contributed by atoms with Crippen LogP contribution in [0, 0.1) is 20.2 Å². The number of fused-ring (bicyclic) bond motifs is 4. The number of carbonyl (C=O) groups excluding carboxylic acids is 1. The minimum atomic E-state index is -1.39. The number of non-ortho nitro benzene ring substituents is 1.